The van der Waals surface area contributed by atoms with Crippen LogP contribution in [-0.2, 0) is 4.79 Å². The number of carboxylic acids is 1. The SMILES string of the molecule is CS.CSCC[C@H](N)C(=O)O. The highest BCUT2D eigenvalue weighted by atomic mass is 32.2. The lowest BCUT2D eigenvalue weighted by Gasteiger charge is -2.02. The maximum absolute atomic E-state index is 10.1. The molecule has 11 heavy (non-hydrogen) atoms. The van der Waals surface area contributed by atoms with Gasteiger partial charge in [0.2, 0.25) is 0 Å². The van der Waals surface area contributed by atoms with Crippen LogP contribution in [0.25, 0.3) is 0 Å². The summed E-state index contributed by atoms with van der Waals surface area (Å²) in [5, 5.41) is 8.27. The fourth-order valence-electron chi connectivity index (χ4n) is 0.368. The predicted octanol–water partition coefficient (Wildman–Crippen LogP) is 0.697. The predicted molar refractivity (Wildman–Crippen MR) is 53.5 cm³/mol. The Hall–Kier alpha value is 0.130. The molecule has 0 rings (SSSR count). The van der Waals surface area contributed by atoms with E-state index in [1.807, 2.05) is 6.26 Å². The number of carbonyl (C=O) groups is 1. The van der Waals surface area contributed by atoms with Crippen molar-refractivity contribution in [2.24, 2.45) is 5.73 Å². The first-order valence-corrected chi connectivity index (χ1v) is 5.39. The zero-order valence-corrected chi connectivity index (χ0v) is 8.49. The second-order valence-electron chi connectivity index (χ2n) is 1.73. The number of hydrogen-bond acceptors (Lipinski definition) is 4. The molecule has 0 unspecified atom stereocenters. The third-order valence-corrected chi connectivity index (χ3v) is 1.59. The highest BCUT2D eigenvalue weighted by Gasteiger charge is 2.08. The summed E-state index contributed by atoms with van der Waals surface area (Å²) in [5.74, 6) is -0.1000. The van der Waals surface area contributed by atoms with Crippen LogP contribution in [0.4, 0.5) is 0 Å². The highest BCUT2D eigenvalue weighted by molar-refractivity contribution is 7.98. The zero-order chi connectivity index (χ0) is 9.28. The Morgan fingerprint density at radius 3 is 2.45 bits per heavy atom. The van der Waals surface area contributed by atoms with Crippen molar-refractivity contribution in [1.82, 2.24) is 0 Å². The number of thioether (sulfide) groups is 1. The van der Waals surface area contributed by atoms with Gasteiger partial charge in [-0.3, -0.25) is 4.79 Å². The molecule has 0 amide bonds. The molecule has 0 radical (unpaired) electrons. The minimum Gasteiger partial charge on any atom is -0.480 e. The monoisotopic (exact) mass is 197 g/mol. The average Bonchev–Trinajstić information content (AvgIpc) is 2.03. The standard InChI is InChI=1S/C5H11NO2S.CH4S/c1-9-3-2-4(6)5(7)8;1-2/h4H,2-3,6H2,1H3,(H,7,8);2H,1H3/t4-;/m0./s1. The molecule has 5 heteroatoms. The van der Waals surface area contributed by atoms with E-state index in [0.29, 0.717) is 6.42 Å². The summed E-state index contributed by atoms with van der Waals surface area (Å²) in [4.78, 5) is 10.1. The summed E-state index contributed by atoms with van der Waals surface area (Å²) >= 11 is 5.13. The van der Waals surface area contributed by atoms with Gasteiger partial charge >= 0.3 is 5.97 Å². The molecule has 0 aromatic rings. The van der Waals surface area contributed by atoms with Gasteiger partial charge < -0.3 is 10.8 Å². The van der Waals surface area contributed by atoms with Gasteiger partial charge in [0.1, 0.15) is 6.04 Å². The van der Waals surface area contributed by atoms with E-state index >= 15 is 0 Å². The molecule has 0 heterocycles. The van der Waals surface area contributed by atoms with Crippen molar-refractivity contribution in [2.45, 2.75) is 12.5 Å². The number of nitrogens with two attached hydrogens (primary N) is 1. The van der Waals surface area contributed by atoms with E-state index in [0.717, 1.165) is 5.75 Å². The van der Waals surface area contributed by atoms with Crippen molar-refractivity contribution in [3.8, 4) is 0 Å². The van der Waals surface area contributed by atoms with Gasteiger partial charge in [-0.15, -0.1) is 0 Å². The van der Waals surface area contributed by atoms with Gasteiger partial charge in [-0.2, -0.15) is 24.4 Å². The van der Waals surface area contributed by atoms with Crippen molar-refractivity contribution in [1.29, 1.82) is 0 Å². The van der Waals surface area contributed by atoms with E-state index in [-0.39, 0.29) is 0 Å². The maximum Gasteiger partial charge on any atom is 0.320 e. The maximum atomic E-state index is 10.1. The van der Waals surface area contributed by atoms with Gasteiger partial charge in [0, 0.05) is 0 Å². The van der Waals surface area contributed by atoms with Crippen LogP contribution in [0.5, 0.6) is 0 Å². The average molecular weight is 197 g/mol. The highest BCUT2D eigenvalue weighted by Crippen LogP contribution is 1.97. The minimum absolute atomic E-state index is 0.552. The second kappa shape index (κ2) is 10.1. The summed E-state index contributed by atoms with van der Waals surface area (Å²) in [5.41, 5.74) is 5.19. The Kier molecular flexibility index (Phi) is 12.6. The van der Waals surface area contributed by atoms with E-state index in [2.05, 4.69) is 12.6 Å². The van der Waals surface area contributed by atoms with Crippen LogP contribution in [0.2, 0.25) is 0 Å². The minimum atomic E-state index is -0.913. The van der Waals surface area contributed by atoms with Crippen LogP contribution in [-0.4, -0.2) is 35.4 Å². The topological polar surface area (TPSA) is 63.3 Å². The molecule has 3 nitrogen and oxygen atoms in total. The van der Waals surface area contributed by atoms with Crippen LogP contribution in [0, 0.1) is 0 Å². The van der Waals surface area contributed by atoms with Crippen molar-refractivity contribution >= 4 is 30.4 Å². The third kappa shape index (κ3) is 10.1. The fourth-order valence-corrected chi connectivity index (χ4v) is 0.858. The summed E-state index contributed by atoms with van der Waals surface area (Å²) < 4.78 is 0. The molecular formula is C6H15NO2S2. The molecule has 0 aliphatic heterocycles. The lowest BCUT2D eigenvalue weighted by molar-refractivity contribution is -0.138. The summed E-state index contributed by atoms with van der Waals surface area (Å²) in [6, 6.07) is -0.683. The Bertz CT molecular complexity index is 101. The van der Waals surface area contributed by atoms with Crippen molar-refractivity contribution in [2.75, 3.05) is 18.3 Å². The second-order valence-corrected chi connectivity index (χ2v) is 2.71. The molecule has 0 saturated heterocycles. The third-order valence-electron chi connectivity index (χ3n) is 0.950. The molecule has 0 fully saturated rings. The van der Waals surface area contributed by atoms with Gasteiger partial charge in [-0.1, -0.05) is 0 Å². The zero-order valence-electron chi connectivity index (χ0n) is 6.78. The fraction of sp³-hybridized carbons (Fsp3) is 0.833. The first-order chi connectivity index (χ1) is 5.18. The number of aliphatic carboxylic acids is 1. The largest absolute Gasteiger partial charge is 0.480 e. The van der Waals surface area contributed by atoms with Gasteiger partial charge in [0.25, 0.3) is 0 Å². The Balaban J connectivity index is 0. The van der Waals surface area contributed by atoms with Crippen LogP contribution < -0.4 is 5.73 Å². The van der Waals surface area contributed by atoms with Gasteiger partial charge in [0.15, 0.2) is 0 Å². The van der Waals surface area contributed by atoms with E-state index in [1.165, 1.54) is 0 Å². The first-order valence-electron chi connectivity index (χ1n) is 3.10. The molecule has 0 aliphatic carbocycles. The lowest BCUT2D eigenvalue weighted by atomic mass is 10.2. The van der Waals surface area contributed by atoms with E-state index in [1.54, 1.807) is 18.0 Å². The number of rotatable bonds is 4. The number of carboxylic acid groups (broad SMARTS) is 1. The molecular weight excluding hydrogens is 182 g/mol. The smallest absolute Gasteiger partial charge is 0.320 e. The Labute approximate surface area is 77.1 Å². The summed E-state index contributed by atoms with van der Waals surface area (Å²) in [6.07, 6.45) is 4.17. The molecule has 1 atom stereocenters. The molecule has 0 bridgehead atoms. The van der Waals surface area contributed by atoms with Crippen molar-refractivity contribution < 1.29 is 9.90 Å². The summed E-state index contributed by atoms with van der Waals surface area (Å²) in [7, 11) is 0. The Morgan fingerprint density at radius 1 is 1.73 bits per heavy atom. The van der Waals surface area contributed by atoms with Gasteiger partial charge in [-0.25, -0.2) is 0 Å². The quantitative estimate of drug-likeness (QED) is 0.580. The van der Waals surface area contributed by atoms with Crippen LogP contribution in [0.3, 0.4) is 0 Å². The van der Waals surface area contributed by atoms with Gasteiger partial charge in [0.05, 0.1) is 0 Å². The number of hydrogen-bond donors (Lipinski definition) is 3. The molecule has 0 aromatic heterocycles. The molecule has 3 N–H and O–H groups in total. The van der Waals surface area contributed by atoms with Crippen LogP contribution in [0.1, 0.15) is 6.42 Å². The van der Waals surface area contributed by atoms with Crippen LogP contribution in [0.15, 0.2) is 0 Å². The van der Waals surface area contributed by atoms with Crippen molar-refractivity contribution in [3.63, 3.8) is 0 Å². The normalized spacial score (nSPS) is 11.3. The Morgan fingerprint density at radius 2 is 2.18 bits per heavy atom. The number of thiol groups is 1. The van der Waals surface area contributed by atoms with E-state index in [9.17, 15) is 4.79 Å². The van der Waals surface area contributed by atoms with E-state index in [4.69, 9.17) is 10.8 Å². The molecule has 0 aliphatic rings. The van der Waals surface area contributed by atoms with Gasteiger partial charge in [-0.05, 0) is 24.7 Å². The summed E-state index contributed by atoms with van der Waals surface area (Å²) in [6.45, 7) is 0. The van der Waals surface area contributed by atoms with Crippen molar-refractivity contribution in [3.05, 3.63) is 0 Å². The molecule has 0 saturated carbocycles. The van der Waals surface area contributed by atoms with Crippen LogP contribution >= 0.6 is 24.4 Å². The van der Waals surface area contributed by atoms with E-state index < -0.39 is 12.0 Å². The molecule has 0 spiro atoms. The first kappa shape index (κ1) is 13.7. The molecule has 0 aromatic carbocycles. The lowest BCUT2D eigenvalue weighted by Crippen LogP contribution is -2.30. The molecule has 68 valence electrons.